The first kappa shape index (κ1) is 20.2. The quantitative estimate of drug-likeness (QED) is 0.678. The van der Waals surface area contributed by atoms with Crippen LogP contribution in [0.2, 0.25) is 0 Å². The molecule has 0 N–H and O–H groups in total. The molecule has 148 valence electrons. The van der Waals surface area contributed by atoms with E-state index in [2.05, 4.69) is 11.0 Å². The van der Waals surface area contributed by atoms with Crippen molar-refractivity contribution in [1.29, 1.82) is 5.26 Å². The third-order valence-electron chi connectivity index (χ3n) is 4.90. The van der Waals surface area contributed by atoms with Crippen molar-refractivity contribution in [2.45, 2.75) is 19.0 Å². The molecule has 1 saturated heterocycles. The topological polar surface area (TPSA) is 79.6 Å². The summed E-state index contributed by atoms with van der Waals surface area (Å²) < 4.78 is 34.9. The molecule has 1 atom stereocenters. The number of benzene rings is 2. The van der Waals surface area contributed by atoms with E-state index in [1.165, 1.54) is 0 Å². The van der Waals surface area contributed by atoms with E-state index in [9.17, 15) is 8.42 Å². The summed E-state index contributed by atoms with van der Waals surface area (Å²) in [5, 5.41) is 8.86. The first-order chi connectivity index (χ1) is 13.5. The van der Waals surface area contributed by atoms with E-state index < -0.39 is 9.84 Å². The highest BCUT2D eigenvalue weighted by atomic mass is 32.2. The van der Waals surface area contributed by atoms with Crippen LogP contribution in [-0.4, -0.2) is 51.1 Å². The van der Waals surface area contributed by atoms with E-state index in [0.29, 0.717) is 37.4 Å². The summed E-state index contributed by atoms with van der Waals surface area (Å²) in [6.07, 6.45) is 0.648. The molecular formula is C21H24N2O4S. The number of ether oxygens (including phenoxy) is 2. The highest BCUT2D eigenvalue weighted by Crippen LogP contribution is 2.21. The van der Waals surface area contributed by atoms with Crippen LogP contribution in [0.5, 0.6) is 11.5 Å². The molecule has 0 saturated carbocycles. The molecule has 3 rings (SSSR count). The lowest BCUT2D eigenvalue weighted by molar-refractivity contribution is 0.163. The van der Waals surface area contributed by atoms with Crippen molar-refractivity contribution < 1.29 is 17.9 Å². The zero-order valence-corrected chi connectivity index (χ0v) is 16.7. The minimum Gasteiger partial charge on any atom is -0.497 e. The van der Waals surface area contributed by atoms with E-state index in [0.717, 1.165) is 11.3 Å². The van der Waals surface area contributed by atoms with Crippen molar-refractivity contribution in [3.8, 4) is 17.6 Å². The number of nitriles is 1. The van der Waals surface area contributed by atoms with E-state index in [1.807, 2.05) is 24.3 Å². The zero-order valence-electron chi connectivity index (χ0n) is 15.9. The number of nitrogens with zero attached hydrogens (tertiary/aromatic N) is 2. The molecule has 6 nitrogen and oxygen atoms in total. The second kappa shape index (κ2) is 9.09. The van der Waals surface area contributed by atoms with Crippen LogP contribution in [0.15, 0.2) is 48.5 Å². The summed E-state index contributed by atoms with van der Waals surface area (Å²) in [6.45, 7) is 1.71. The Kier molecular flexibility index (Phi) is 6.55. The van der Waals surface area contributed by atoms with Gasteiger partial charge in [-0.1, -0.05) is 12.1 Å². The van der Waals surface area contributed by atoms with Gasteiger partial charge in [-0.3, -0.25) is 4.90 Å². The van der Waals surface area contributed by atoms with Gasteiger partial charge >= 0.3 is 0 Å². The van der Waals surface area contributed by atoms with Crippen molar-refractivity contribution in [1.82, 2.24) is 4.90 Å². The smallest absolute Gasteiger partial charge is 0.151 e. The standard InChI is InChI=1S/C21H24N2O4S/c1-26-20-6-4-18(5-7-20)15-23(19-10-13-28(24,25)16-19)11-12-27-21-8-2-17(14-22)3-9-21/h2-9,19H,10-13,15-16H2,1H3. The Bertz CT molecular complexity index is 918. The van der Waals surface area contributed by atoms with E-state index >= 15 is 0 Å². The Balaban J connectivity index is 1.64. The average molecular weight is 401 g/mol. The second-order valence-corrected chi connectivity index (χ2v) is 9.09. The highest BCUT2D eigenvalue weighted by molar-refractivity contribution is 7.91. The van der Waals surface area contributed by atoms with Crippen LogP contribution in [0.3, 0.4) is 0 Å². The first-order valence-electron chi connectivity index (χ1n) is 9.19. The van der Waals surface area contributed by atoms with E-state index in [4.69, 9.17) is 14.7 Å². The molecule has 0 amide bonds. The number of hydrogen-bond acceptors (Lipinski definition) is 6. The first-order valence-corrected chi connectivity index (χ1v) is 11.0. The predicted molar refractivity (Wildman–Crippen MR) is 107 cm³/mol. The molecule has 1 aliphatic heterocycles. The fourth-order valence-electron chi connectivity index (χ4n) is 3.33. The van der Waals surface area contributed by atoms with Gasteiger partial charge in [0.25, 0.3) is 0 Å². The summed E-state index contributed by atoms with van der Waals surface area (Å²) >= 11 is 0. The molecule has 0 spiro atoms. The molecule has 2 aromatic carbocycles. The average Bonchev–Trinajstić information content (AvgIpc) is 3.08. The van der Waals surface area contributed by atoms with Gasteiger partial charge < -0.3 is 9.47 Å². The number of rotatable bonds is 8. The predicted octanol–water partition coefficient (Wildman–Crippen LogP) is 2.63. The van der Waals surface area contributed by atoms with Gasteiger partial charge in [0.1, 0.15) is 18.1 Å². The molecule has 1 unspecified atom stereocenters. The van der Waals surface area contributed by atoms with Gasteiger partial charge in [-0.05, 0) is 48.4 Å². The normalized spacial score (nSPS) is 18.0. The van der Waals surface area contributed by atoms with Crippen molar-refractivity contribution in [2.75, 3.05) is 31.8 Å². The third-order valence-corrected chi connectivity index (χ3v) is 6.65. The summed E-state index contributed by atoms with van der Waals surface area (Å²) in [5.41, 5.74) is 1.69. The minimum atomic E-state index is -2.96. The van der Waals surface area contributed by atoms with Crippen molar-refractivity contribution in [3.05, 3.63) is 59.7 Å². The van der Waals surface area contributed by atoms with Crippen LogP contribution in [-0.2, 0) is 16.4 Å². The minimum absolute atomic E-state index is 0.00309. The van der Waals surface area contributed by atoms with Crippen LogP contribution < -0.4 is 9.47 Å². The molecule has 7 heteroatoms. The van der Waals surface area contributed by atoms with Crippen LogP contribution in [0.25, 0.3) is 0 Å². The van der Waals surface area contributed by atoms with E-state index in [-0.39, 0.29) is 17.5 Å². The fourth-order valence-corrected chi connectivity index (χ4v) is 5.09. The monoisotopic (exact) mass is 400 g/mol. The largest absolute Gasteiger partial charge is 0.497 e. The molecule has 0 aliphatic carbocycles. The molecule has 0 bridgehead atoms. The van der Waals surface area contributed by atoms with Gasteiger partial charge in [0.2, 0.25) is 0 Å². The van der Waals surface area contributed by atoms with E-state index in [1.54, 1.807) is 31.4 Å². The zero-order chi connectivity index (χ0) is 20.0. The van der Waals surface area contributed by atoms with Gasteiger partial charge in [-0.15, -0.1) is 0 Å². The lowest BCUT2D eigenvalue weighted by Gasteiger charge is -2.28. The third kappa shape index (κ3) is 5.47. The van der Waals surface area contributed by atoms with Crippen molar-refractivity contribution in [3.63, 3.8) is 0 Å². The molecule has 28 heavy (non-hydrogen) atoms. The van der Waals surface area contributed by atoms with Gasteiger partial charge in [0.05, 0.1) is 30.2 Å². The Morgan fingerprint density at radius 2 is 1.79 bits per heavy atom. The Morgan fingerprint density at radius 1 is 1.11 bits per heavy atom. The summed E-state index contributed by atoms with van der Waals surface area (Å²) in [6, 6.07) is 16.9. The van der Waals surface area contributed by atoms with Gasteiger partial charge in [0.15, 0.2) is 9.84 Å². The maximum Gasteiger partial charge on any atom is 0.151 e. The molecular weight excluding hydrogens is 376 g/mol. The van der Waals surface area contributed by atoms with Crippen molar-refractivity contribution in [2.24, 2.45) is 0 Å². The Labute approximate surface area is 166 Å². The Morgan fingerprint density at radius 3 is 2.36 bits per heavy atom. The van der Waals surface area contributed by atoms with Crippen LogP contribution in [0.1, 0.15) is 17.5 Å². The summed E-state index contributed by atoms with van der Waals surface area (Å²) in [5.74, 6) is 1.93. The number of sulfone groups is 1. The second-order valence-electron chi connectivity index (χ2n) is 6.86. The van der Waals surface area contributed by atoms with Crippen molar-refractivity contribution >= 4 is 9.84 Å². The molecule has 0 aromatic heterocycles. The van der Waals surface area contributed by atoms with Crippen LogP contribution >= 0.6 is 0 Å². The van der Waals surface area contributed by atoms with Crippen LogP contribution in [0.4, 0.5) is 0 Å². The highest BCUT2D eigenvalue weighted by Gasteiger charge is 2.32. The Hall–Kier alpha value is -2.56. The molecule has 0 radical (unpaired) electrons. The number of hydrogen-bond donors (Lipinski definition) is 0. The SMILES string of the molecule is COc1ccc(CN(CCOc2ccc(C#N)cc2)C2CCS(=O)(=O)C2)cc1. The lowest BCUT2D eigenvalue weighted by atomic mass is 10.1. The van der Waals surface area contributed by atoms with Gasteiger partial charge in [-0.2, -0.15) is 5.26 Å². The van der Waals surface area contributed by atoms with Gasteiger partial charge in [0, 0.05) is 19.1 Å². The number of methoxy groups -OCH3 is 1. The van der Waals surface area contributed by atoms with Crippen LogP contribution in [0, 0.1) is 11.3 Å². The maximum atomic E-state index is 11.9. The molecule has 1 aliphatic rings. The molecule has 2 aromatic rings. The molecule has 1 heterocycles. The fraction of sp³-hybridized carbons (Fsp3) is 0.381. The summed E-state index contributed by atoms with van der Waals surface area (Å²) in [4.78, 5) is 2.18. The molecule has 1 fully saturated rings. The summed E-state index contributed by atoms with van der Waals surface area (Å²) in [7, 11) is -1.33. The maximum absolute atomic E-state index is 11.9. The van der Waals surface area contributed by atoms with Gasteiger partial charge in [-0.25, -0.2) is 8.42 Å². The lowest BCUT2D eigenvalue weighted by Crippen LogP contribution is -2.38.